The van der Waals surface area contributed by atoms with Crippen molar-refractivity contribution >= 4 is 23.0 Å². The van der Waals surface area contributed by atoms with Crippen LogP contribution in [0.3, 0.4) is 0 Å². The van der Waals surface area contributed by atoms with E-state index in [-0.39, 0.29) is 6.54 Å². The summed E-state index contributed by atoms with van der Waals surface area (Å²) in [5, 5.41) is 3.41. The number of hydrogen-bond donors (Lipinski definition) is 1. The van der Waals surface area contributed by atoms with Gasteiger partial charge >= 0.3 is 17.7 Å². The van der Waals surface area contributed by atoms with Gasteiger partial charge in [-0.15, -0.1) is 0 Å². The van der Waals surface area contributed by atoms with Crippen molar-refractivity contribution in [3.63, 3.8) is 0 Å². The standard InChI is InChI=1S/C21H27NO6/c1-13-11-17(23)27-16-12-14(7-8-15(13)16)26-18(24)21(5,6)9-10-22-19(25)28-20(2,3)4/h7-8,11-12H,9-10H2,1-6H3,(H,22,25). The summed E-state index contributed by atoms with van der Waals surface area (Å²) in [6, 6.07) is 6.33. The van der Waals surface area contributed by atoms with E-state index in [1.807, 2.05) is 6.92 Å². The first kappa shape index (κ1) is 21.5. The van der Waals surface area contributed by atoms with Crippen LogP contribution in [-0.4, -0.2) is 24.2 Å². The van der Waals surface area contributed by atoms with E-state index in [1.165, 1.54) is 12.1 Å². The Labute approximate surface area is 164 Å². The summed E-state index contributed by atoms with van der Waals surface area (Å²) in [4.78, 5) is 35.8. The Bertz CT molecular complexity index is 936. The number of alkyl carbamates (subject to hydrolysis) is 1. The number of carbonyl (C=O) groups is 2. The summed E-state index contributed by atoms with van der Waals surface area (Å²) in [5.41, 5.74) is -0.723. The Balaban J connectivity index is 2.00. The SMILES string of the molecule is Cc1cc(=O)oc2cc(OC(=O)C(C)(C)CCNC(=O)OC(C)(C)C)ccc12. The molecule has 0 unspecified atom stereocenters. The molecular weight excluding hydrogens is 362 g/mol. The molecule has 0 bridgehead atoms. The maximum atomic E-state index is 12.6. The highest BCUT2D eigenvalue weighted by Gasteiger charge is 2.30. The number of rotatable bonds is 5. The third-order valence-electron chi connectivity index (χ3n) is 4.10. The van der Waals surface area contributed by atoms with Crippen molar-refractivity contribution in [2.45, 2.75) is 53.6 Å². The molecule has 7 heteroatoms. The van der Waals surface area contributed by atoms with Gasteiger partial charge in [0.05, 0.1) is 5.41 Å². The van der Waals surface area contributed by atoms with E-state index < -0.39 is 28.7 Å². The monoisotopic (exact) mass is 389 g/mol. The van der Waals surface area contributed by atoms with Crippen LogP contribution < -0.4 is 15.7 Å². The Morgan fingerprint density at radius 1 is 1.11 bits per heavy atom. The molecule has 0 atom stereocenters. The number of aryl methyl sites for hydroxylation is 1. The number of carbonyl (C=O) groups excluding carboxylic acids is 2. The van der Waals surface area contributed by atoms with Crippen LogP contribution in [0.2, 0.25) is 0 Å². The normalized spacial score (nSPS) is 11.9. The van der Waals surface area contributed by atoms with Gasteiger partial charge in [-0.2, -0.15) is 0 Å². The number of nitrogens with one attached hydrogen (secondary N) is 1. The second-order valence-electron chi connectivity index (χ2n) is 8.36. The molecule has 2 rings (SSSR count). The lowest BCUT2D eigenvalue weighted by Gasteiger charge is -2.23. The lowest BCUT2D eigenvalue weighted by Crippen LogP contribution is -2.37. The Morgan fingerprint density at radius 3 is 2.43 bits per heavy atom. The zero-order valence-corrected chi connectivity index (χ0v) is 17.2. The van der Waals surface area contributed by atoms with Crippen molar-refractivity contribution in [3.05, 3.63) is 40.2 Å². The van der Waals surface area contributed by atoms with E-state index in [4.69, 9.17) is 13.9 Å². The molecule has 1 N–H and O–H groups in total. The number of ether oxygens (including phenoxy) is 2. The van der Waals surface area contributed by atoms with Crippen LogP contribution >= 0.6 is 0 Å². The third-order valence-corrected chi connectivity index (χ3v) is 4.10. The highest BCUT2D eigenvalue weighted by molar-refractivity contribution is 5.83. The number of amides is 1. The summed E-state index contributed by atoms with van der Waals surface area (Å²) in [5.74, 6) is -0.160. The van der Waals surface area contributed by atoms with E-state index >= 15 is 0 Å². The summed E-state index contributed by atoms with van der Waals surface area (Å²) in [7, 11) is 0. The number of fused-ring (bicyclic) bond motifs is 1. The molecule has 0 spiro atoms. The van der Waals surface area contributed by atoms with Gasteiger partial charge in [0.15, 0.2) is 0 Å². The molecule has 0 aliphatic heterocycles. The smallest absolute Gasteiger partial charge is 0.407 e. The lowest BCUT2D eigenvalue weighted by molar-refractivity contribution is -0.144. The van der Waals surface area contributed by atoms with Crippen molar-refractivity contribution < 1.29 is 23.5 Å². The second kappa shape index (κ2) is 8.04. The number of hydrogen-bond acceptors (Lipinski definition) is 6. The molecule has 1 aromatic carbocycles. The highest BCUT2D eigenvalue weighted by atomic mass is 16.6. The van der Waals surface area contributed by atoms with Gasteiger partial charge in [-0.25, -0.2) is 9.59 Å². The van der Waals surface area contributed by atoms with E-state index in [0.717, 1.165) is 10.9 Å². The van der Waals surface area contributed by atoms with Crippen LogP contribution in [0, 0.1) is 12.3 Å². The zero-order chi connectivity index (χ0) is 21.1. The maximum absolute atomic E-state index is 12.6. The summed E-state index contributed by atoms with van der Waals surface area (Å²) in [6.45, 7) is 10.9. The fraction of sp³-hybridized carbons (Fsp3) is 0.476. The van der Waals surface area contributed by atoms with Gasteiger partial charge in [-0.05, 0) is 65.7 Å². The Morgan fingerprint density at radius 2 is 1.79 bits per heavy atom. The van der Waals surface area contributed by atoms with Gasteiger partial charge in [0.1, 0.15) is 16.9 Å². The first-order valence-corrected chi connectivity index (χ1v) is 9.11. The van der Waals surface area contributed by atoms with Gasteiger partial charge in [0.2, 0.25) is 0 Å². The predicted octanol–water partition coefficient (Wildman–Crippen LogP) is 3.95. The quantitative estimate of drug-likeness (QED) is 0.473. The summed E-state index contributed by atoms with van der Waals surface area (Å²) < 4.78 is 15.8. The van der Waals surface area contributed by atoms with Crippen molar-refractivity contribution in [2.75, 3.05) is 6.54 Å². The first-order chi connectivity index (χ1) is 12.9. The minimum absolute atomic E-state index is 0.267. The fourth-order valence-corrected chi connectivity index (χ4v) is 2.51. The molecule has 0 aliphatic carbocycles. The molecule has 1 heterocycles. The molecule has 28 heavy (non-hydrogen) atoms. The van der Waals surface area contributed by atoms with Gasteiger partial charge in [-0.3, -0.25) is 4.79 Å². The summed E-state index contributed by atoms with van der Waals surface area (Å²) in [6.07, 6.45) is -0.163. The average molecular weight is 389 g/mol. The van der Waals surface area contributed by atoms with Crippen molar-refractivity contribution in [3.8, 4) is 5.75 Å². The molecule has 0 saturated carbocycles. The van der Waals surface area contributed by atoms with Crippen LogP contribution in [0.5, 0.6) is 5.75 Å². The zero-order valence-electron chi connectivity index (χ0n) is 17.2. The van der Waals surface area contributed by atoms with Gasteiger partial charge in [-0.1, -0.05) is 0 Å². The maximum Gasteiger partial charge on any atom is 0.407 e. The number of esters is 1. The van der Waals surface area contributed by atoms with Gasteiger partial charge in [0.25, 0.3) is 0 Å². The molecular formula is C21H27NO6. The predicted molar refractivity (Wildman–Crippen MR) is 105 cm³/mol. The Hall–Kier alpha value is -2.83. The molecule has 0 aliphatic rings. The third kappa shape index (κ3) is 5.84. The highest BCUT2D eigenvalue weighted by Crippen LogP contribution is 2.26. The van der Waals surface area contributed by atoms with Crippen LogP contribution in [-0.2, 0) is 9.53 Å². The minimum atomic E-state index is -0.836. The molecule has 0 saturated heterocycles. The summed E-state index contributed by atoms with van der Waals surface area (Å²) >= 11 is 0. The Kier molecular flexibility index (Phi) is 6.17. The average Bonchev–Trinajstić information content (AvgIpc) is 2.52. The molecule has 0 fully saturated rings. The van der Waals surface area contributed by atoms with Crippen LogP contribution in [0.1, 0.15) is 46.6 Å². The van der Waals surface area contributed by atoms with E-state index in [9.17, 15) is 14.4 Å². The topological polar surface area (TPSA) is 94.8 Å². The van der Waals surface area contributed by atoms with Crippen molar-refractivity contribution in [1.82, 2.24) is 5.32 Å². The van der Waals surface area contributed by atoms with Crippen LogP contribution in [0.15, 0.2) is 33.5 Å². The van der Waals surface area contributed by atoms with E-state index in [1.54, 1.807) is 46.8 Å². The molecule has 0 radical (unpaired) electrons. The van der Waals surface area contributed by atoms with E-state index in [0.29, 0.717) is 17.8 Å². The first-order valence-electron chi connectivity index (χ1n) is 9.11. The molecule has 1 aromatic heterocycles. The van der Waals surface area contributed by atoms with Gasteiger partial charge in [0, 0.05) is 24.1 Å². The second-order valence-corrected chi connectivity index (χ2v) is 8.36. The van der Waals surface area contributed by atoms with Gasteiger partial charge < -0.3 is 19.2 Å². The molecule has 7 nitrogen and oxygen atoms in total. The van der Waals surface area contributed by atoms with Crippen LogP contribution in [0.4, 0.5) is 4.79 Å². The molecule has 1 amide bonds. The van der Waals surface area contributed by atoms with Crippen LogP contribution in [0.25, 0.3) is 11.0 Å². The molecule has 152 valence electrons. The van der Waals surface area contributed by atoms with Crippen molar-refractivity contribution in [1.29, 1.82) is 0 Å². The molecule has 2 aromatic rings. The van der Waals surface area contributed by atoms with Crippen molar-refractivity contribution in [2.24, 2.45) is 5.41 Å². The number of benzene rings is 1. The lowest BCUT2D eigenvalue weighted by atomic mass is 9.89. The van der Waals surface area contributed by atoms with E-state index in [2.05, 4.69) is 5.32 Å². The largest absolute Gasteiger partial charge is 0.444 e. The fourth-order valence-electron chi connectivity index (χ4n) is 2.51. The minimum Gasteiger partial charge on any atom is -0.444 e.